The van der Waals surface area contributed by atoms with E-state index in [1.165, 1.54) is 0 Å². The number of hydrogen-bond acceptors (Lipinski definition) is 4. The van der Waals surface area contributed by atoms with E-state index in [0.29, 0.717) is 11.4 Å². The van der Waals surface area contributed by atoms with Gasteiger partial charge in [0.2, 0.25) is 0 Å². The van der Waals surface area contributed by atoms with Crippen LogP contribution >= 0.6 is 15.9 Å². The number of benzene rings is 2. The molecule has 0 bridgehead atoms. The second-order valence-electron chi connectivity index (χ2n) is 6.70. The van der Waals surface area contributed by atoms with Crippen molar-refractivity contribution in [2.45, 2.75) is 13.8 Å². The molecular weight excluding hydrogens is 444 g/mol. The fraction of sp³-hybridized carbons (Fsp3) is 0.0909. The van der Waals surface area contributed by atoms with Crippen LogP contribution in [0.3, 0.4) is 0 Å². The third-order valence-corrected chi connectivity index (χ3v) is 5.20. The van der Waals surface area contributed by atoms with Crippen LogP contribution in [0.25, 0.3) is 16.9 Å². The molecule has 2 N–H and O–H groups in total. The van der Waals surface area contributed by atoms with Crippen LogP contribution < -0.4 is 5.43 Å². The van der Waals surface area contributed by atoms with E-state index < -0.39 is 0 Å². The van der Waals surface area contributed by atoms with Gasteiger partial charge in [-0.15, -0.1) is 0 Å². The molecule has 0 aliphatic carbocycles. The molecular formula is C22H19BrN6O. The molecule has 0 aliphatic heterocycles. The van der Waals surface area contributed by atoms with Gasteiger partial charge in [-0.05, 0) is 44.2 Å². The number of rotatable bonds is 5. The standard InChI is InChI=1S/C22H19BrN6O/c1-14-19(15(2)29(28-14)18-6-4-3-5-7-18)13-24-27-22(30)21-12-20(25-26-21)16-8-10-17(23)11-9-16/h3-13H,1-2H3,(H,25,26)(H,27,30). The number of hydrazone groups is 1. The van der Waals surface area contributed by atoms with Crippen LogP contribution in [0.1, 0.15) is 27.4 Å². The number of carbonyl (C=O) groups is 1. The Morgan fingerprint density at radius 3 is 2.60 bits per heavy atom. The highest BCUT2D eigenvalue weighted by Gasteiger charge is 2.13. The predicted molar refractivity (Wildman–Crippen MR) is 120 cm³/mol. The number of carbonyl (C=O) groups excluding carboxylic acids is 1. The second-order valence-corrected chi connectivity index (χ2v) is 7.62. The normalized spacial score (nSPS) is 11.2. The lowest BCUT2D eigenvalue weighted by atomic mass is 10.1. The van der Waals surface area contributed by atoms with E-state index in [0.717, 1.165) is 32.7 Å². The highest BCUT2D eigenvalue weighted by Crippen LogP contribution is 2.20. The average Bonchev–Trinajstić information content (AvgIpc) is 3.35. The van der Waals surface area contributed by atoms with Crippen LogP contribution in [0.2, 0.25) is 0 Å². The zero-order valence-electron chi connectivity index (χ0n) is 16.4. The minimum atomic E-state index is -0.368. The topological polar surface area (TPSA) is 88.0 Å². The molecule has 2 aromatic heterocycles. The second kappa shape index (κ2) is 8.46. The Hall–Kier alpha value is -3.52. The van der Waals surface area contributed by atoms with Gasteiger partial charge in [-0.25, -0.2) is 10.1 Å². The Balaban J connectivity index is 1.47. The number of nitrogens with one attached hydrogen (secondary N) is 2. The van der Waals surface area contributed by atoms with Crippen molar-refractivity contribution in [3.05, 3.63) is 87.8 Å². The van der Waals surface area contributed by atoms with Crippen molar-refractivity contribution in [3.63, 3.8) is 0 Å². The average molecular weight is 463 g/mol. The molecule has 2 aromatic carbocycles. The van der Waals surface area contributed by atoms with E-state index in [9.17, 15) is 4.79 Å². The number of nitrogens with zero attached hydrogens (tertiary/aromatic N) is 4. The van der Waals surface area contributed by atoms with Gasteiger partial charge in [-0.3, -0.25) is 9.89 Å². The van der Waals surface area contributed by atoms with Gasteiger partial charge in [0.1, 0.15) is 5.69 Å². The SMILES string of the molecule is Cc1nn(-c2ccccc2)c(C)c1C=NNC(=O)c1cc(-c2ccc(Br)cc2)n[nH]1. The number of para-hydroxylation sites is 1. The van der Waals surface area contributed by atoms with Crippen LogP contribution in [0.4, 0.5) is 0 Å². The molecule has 0 radical (unpaired) electrons. The summed E-state index contributed by atoms with van der Waals surface area (Å²) in [7, 11) is 0. The van der Waals surface area contributed by atoms with Crippen LogP contribution in [-0.4, -0.2) is 32.1 Å². The summed E-state index contributed by atoms with van der Waals surface area (Å²) >= 11 is 3.40. The van der Waals surface area contributed by atoms with Crippen molar-refractivity contribution in [2.75, 3.05) is 0 Å². The highest BCUT2D eigenvalue weighted by atomic mass is 79.9. The molecule has 0 spiro atoms. The molecule has 0 unspecified atom stereocenters. The maximum Gasteiger partial charge on any atom is 0.289 e. The van der Waals surface area contributed by atoms with Gasteiger partial charge in [0, 0.05) is 15.6 Å². The summed E-state index contributed by atoms with van der Waals surface area (Å²) < 4.78 is 2.84. The smallest absolute Gasteiger partial charge is 0.272 e. The minimum absolute atomic E-state index is 0.332. The van der Waals surface area contributed by atoms with Crippen molar-refractivity contribution < 1.29 is 4.79 Å². The molecule has 0 aliphatic rings. The number of aromatic nitrogens is 4. The minimum Gasteiger partial charge on any atom is -0.272 e. The summed E-state index contributed by atoms with van der Waals surface area (Å²) in [6.07, 6.45) is 1.61. The van der Waals surface area contributed by atoms with Gasteiger partial charge in [-0.2, -0.15) is 15.3 Å². The first-order chi connectivity index (χ1) is 14.5. The number of H-pyrrole nitrogens is 1. The highest BCUT2D eigenvalue weighted by molar-refractivity contribution is 9.10. The Morgan fingerprint density at radius 2 is 1.87 bits per heavy atom. The molecule has 0 atom stereocenters. The largest absolute Gasteiger partial charge is 0.289 e. The molecule has 8 heteroatoms. The van der Waals surface area contributed by atoms with Crippen molar-refractivity contribution in [1.29, 1.82) is 0 Å². The summed E-state index contributed by atoms with van der Waals surface area (Å²) in [5, 5.41) is 15.6. The fourth-order valence-corrected chi connectivity index (χ4v) is 3.35. The molecule has 4 rings (SSSR count). The number of halogens is 1. The van der Waals surface area contributed by atoms with Crippen LogP contribution in [0.15, 0.2) is 70.2 Å². The Bertz CT molecular complexity index is 1210. The molecule has 2 heterocycles. The van der Waals surface area contributed by atoms with Crippen LogP contribution in [-0.2, 0) is 0 Å². The first-order valence-corrected chi connectivity index (χ1v) is 10.1. The lowest BCUT2D eigenvalue weighted by Gasteiger charge is -2.03. The van der Waals surface area contributed by atoms with Gasteiger partial charge in [-0.1, -0.05) is 46.3 Å². The van der Waals surface area contributed by atoms with E-state index >= 15 is 0 Å². The Labute approximate surface area is 182 Å². The molecule has 1 amide bonds. The summed E-state index contributed by atoms with van der Waals surface area (Å²) in [6, 6.07) is 19.3. The third-order valence-electron chi connectivity index (χ3n) is 4.67. The van der Waals surface area contributed by atoms with E-state index in [4.69, 9.17) is 0 Å². The molecule has 0 fully saturated rings. The number of hydrogen-bond donors (Lipinski definition) is 2. The Morgan fingerprint density at radius 1 is 1.13 bits per heavy atom. The maximum atomic E-state index is 12.4. The summed E-state index contributed by atoms with van der Waals surface area (Å²) in [5.41, 5.74) is 8.07. The van der Waals surface area contributed by atoms with Crippen molar-refractivity contribution in [1.82, 2.24) is 25.4 Å². The first kappa shape index (κ1) is 19.8. The molecule has 30 heavy (non-hydrogen) atoms. The monoisotopic (exact) mass is 462 g/mol. The lowest BCUT2D eigenvalue weighted by Crippen LogP contribution is -2.18. The van der Waals surface area contributed by atoms with Gasteiger partial charge < -0.3 is 0 Å². The quantitative estimate of drug-likeness (QED) is 0.340. The molecule has 0 saturated heterocycles. The van der Waals surface area contributed by atoms with Crippen LogP contribution in [0, 0.1) is 13.8 Å². The molecule has 7 nitrogen and oxygen atoms in total. The van der Waals surface area contributed by atoms with Crippen molar-refractivity contribution in [3.8, 4) is 16.9 Å². The zero-order chi connectivity index (χ0) is 21.1. The summed E-state index contributed by atoms with van der Waals surface area (Å²) in [4.78, 5) is 12.4. The van der Waals surface area contributed by atoms with E-state index in [1.54, 1.807) is 12.3 Å². The van der Waals surface area contributed by atoms with E-state index in [2.05, 4.69) is 41.8 Å². The number of amides is 1. The van der Waals surface area contributed by atoms with Crippen molar-refractivity contribution >= 4 is 28.1 Å². The van der Waals surface area contributed by atoms with E-state index in [1.807, 2.05) is 73.1 Å². The van der Waals surface area contributed by atoms with Gasteiger partial charge in [0.25, 0.3) is 5.91 Å². The zero-order valence-corrected chi connectivity index (χ0v) is 18.0. The van der Waals surface area contributed by atoms with E-state index in [-0.39, 0.29) is 5.91 Å². The lowest BCUT2D eigenvalue weighted by molar-refractivity contribution is 0.0950. The Kier molecular flexibility index (Phi) is 5.58. The maximum absolute atomic E-state index is 12.4. The number of aromatic amines is 1. The first-order valence-electron chi connectivity index (χ1n) is 9.29. The molecule has 0 saturated carbocycles. The fourth-order valence-electron chi connectivity index (χ4n) is 3.08. The van der Waals surface area contributed by atoms with Gasteiger partial charge in [0.05, 0.1) is 29.0 Å². The number of aryl methyl sites for hydroxylation is 1. The molecule has 150 valence electrons. The summed E-state index contributed by atoms with van der Waals surface area (Å²) in [5.74, 6) is -0.368. The van der Waals surface area contributed by atoms with Gasteiger partial charge >= 0.3 is 0 Å². The summed E-state index contributed by atoms with van der Waals surface area (Å²) in [6.45, 7) is 3.88. The molecule has 4 aromatic rings. The predicted octanol–water partition coefficient (Wildman–Crippen LogP) is 4.41. The van der Waals surface area contributed by atoms with Crippen molar-refractivity contribution in [2.24, 2.45) is 5.10 Å². The van der Waals surface area contributed by atoms with Gasteiger partial charge in [0.15, 0.2) is 0 Å². The third kappa shape index (κ3) is 4.08. The van der Waals surface area contributed by atoms with Crippen LogP contribution in [0.5, 0.6) is 0 Å².